The van der Waals surface area contributed by atoms with Crippen LogP contribution in [0.2, 0.25) is 0 Å². The third kappa shape index (κ3) is 3.93. The van der Waals surface area contributed by atoms with E-state index in [0.29, 0.717) is 12.1 Å². The van der Waals surface area contributed by atoms with Gasteiger partial charge < -0.3 is 5.21 Å². The van der Waals surface area contributed by atoms with Crippen molar-refractivity contribution in [3.8, 4) is 11.3 Å². The van der Waals surface area contributed by atoms with Crippen LogP contribution in [0, 0.1) is 5.21 Å². The smallest absolute Gasteiger partial charge is 0.339 e. The van der Waals surface area contributed by atoms with E-state index in [-0.39, 0.29) is 33.5 Å². The molecule has 2 rings (SSSR count). The molecule has 1 aromatic heterocycles. The third-order valence-corrected chi connectivity index (χ3v) is 5.45. The van der Waals surface area contributed by atoms with Crippen molar-refractivity contribution in [2.45, 2.75) is 44.8 Å². The zero-order valence-corrected chi connectivity index (χ0v) is 15.2. The maximum atomic E-state index is 12.7. The van der Waals surface area contributed by atoms with Crippen LogP contribution in [-0.2, 0) is 9.84 Å². The van der Waals surface area contributed by atoms with Crippen molar-refractivity contribution in [1.29, 1.82) is 0 Å². The van der Waals surface area contributed by atoms with Crippen molar-refractivity contribution in [2.75, 3.05) is 12.3 Å². The second-order valence-corrected chi connectivity index (χ2v) is 8.22. The lowest BCUT2D eigenvalue weighted by atomic mass is 10.2. The molecule has 132 valence electrons. The van der Waals surface area contributed by atoms with Crippen molar-refractivity contribution >= 4 is 9.84 Å². The Morgan fingerprint density at radius 2 is 1.75 bits per heavy atom. The van der Waals surface area contributed by atoms with Crippen LogP contribution in [0.5, 0.6) is 0 Å². The lowest BCUT2D eigenvalue weighted by molar-refractivity contribution is -0.793. The summed E-state index contributed by atoms with van der Waals surface area (Å²) >= 11 is 0. The quantitative estimate of drug-likeness (QED) is 0.706. The first-order valence-corrected chi connectivity index (χ1v) is 9.53. The Balaban J connectivity index is 2.31. The SMILES string of the molecule is CC(C)N(CCS(=O)(=O)c1no[n+]([O-])c1-c1ccccc1)C(C)C. The van der Waals surface area contributed by atoms with Crippen molar-refractivity contribution in [1.82, 2.24) is 10.1 Å². The highest BCUT2D eigenvalue weighted by molar-refractivity contribution is 7.91. The van der Waals surface area contributed by atoms with Gasteiger partial charge in [0, 0.05) is 24.2 Å². The Morgan fingerprint density at radius 1 is 1.17 bits per heavy atom. The summed E-state index contributed by atoms with van der Waals surface area (Å²) in [4.78, 5) is 2.22. The number of hydrogen-bond donors (Lipinski definition) is 0. The van der Waals surface area contributed by atoms with Crippen LogP contribution in [0.25, 0.3) is 11.3 Å². The minimum Gasteiger partial charge on any atom is -0.359 e. The molecule has 0 aliphatic heterocycles. The maximum absolute atomic E-state index is 12.7. The first-order chi connectivity index (χ1) is 11.2. The fraction of sp³-hybridized carbons (Fsp3) is 0.500. The Morgan fingerprint density at radius 3 is 2.29 bits per heavy atom. The fourth-order valence-electron chi connectivity index (χ4n) is 2.70. The van der Waals surface area contributed by atoms with Crippen molar-refractivity contribution in [3.63, 3.8) is 0 Å². The standard InChI is InChI=1S/C16H23N3O4S/c1-12(2)18(13(3)4)10-11-24(21,22)16-15(19(20)23-17-16)14-8-6-5-7-9-14/h5-9,12-13H,10-11H2,1-4H3. The number of hydrogen-bond acceptors (Lipinski definition) is 6. The third-order valence-electron chi connectivity index (χ3n) is 3.87. The first-order valence-electron chi connectivity index (χ1n) is 7.87. The lowest BCUT2D eigenvalue weighted by Gasteiger charge is -2.29. The summed E-state index contributed by atoms with van der Waals surface area (Å²) in [5, 5.41) is 15.0. The van der Waals surface area contributed by atoms with Crippen LogP contribution >= 0.6 is 0 Å². The number of sulfone groups is 1. The van der Waals surface area contributed by atoms with E-state index >= 15 is 0 Å². The monoisotopic (exact) mass is 353 g/mol. The molecule has 0 fully saturated rings. The molecule has 0 atom stereocenters. The molecule has 0 spiro atoms. The predicted molar refractivity (Wildman–Crippen MR) is 89.9 cm³/mol. The molecule has 1 aromatic carbocycles. The topological polar surface area (TPSA) is 90.4 Å². The van der Waals surface area contributed by atoms with Gasteiger partial charge in [-0.15, -0.1) is 0 Å². The van der Waals surface area contributed by atoms with Crippen molar-refractivity contribution in [2.24, 2.45) is 0 Å². The van der Waals surface area contributed by atoms with Gasteiger partial charge in [0.05, 0.1) is 10.9 Å². The van der Waals surface area contributed by atoms with Crippen LogP contribution in [0.15, 0.2) is 40.0 Å². The van der Waals surface area contributed by atoms with Crippen LogP contribution in [-0.4, -0.2) is 42.9 Å². The van der Waals surface area contributed by atoms with Crippen LogP contribution in [0.3, 0.4) is 0 Å². The molecule has 0 unspecified atom stereocenters. The van der Waals surface area contributed by atoms with Crippen LogP contribution < -0.4 is 4.90 Å². The summed E-state index contributed by atoms with van der Waals surface area (Å²) in [5.74, 6) is -0.129. The highest BCUT2D eigenvalue weighted by Crippen LogP contribution is 2.23. The zero-order chi connectivity index (χ0) is 17.9. The van der Waals surface area contributed by atoms with E-state index in [4.69, 9.17) is 0 Å². The van der Waals surface area contributed by atoms with Gasteiger partial charge in [0.25, 0.3) is 0 Å². The van der Waals surface area contributed by atoms with Crippen molar-refractivity contribution in [3.05, 3.63) is 35.5 Å². The largest absolute Gasteiger partial charge is 0.359 e. The maximum Gasteiger partial charge on any atom is 0.339 e. The van der Waals surface area contributed by atoms with Gasteiger partial charge in [-0.3, -0.25) is 9.53 Å². The van der Waals surface area contributed by atoms with E-state index in [2.05, 4.69) is 14.7 Å². The average molecular weight is 353 g/mol. The van der Waals surface area contributed by atoms with E-state index in [1.54, 1.807) is 30.3 Å². The van der Waals surface area contributed by atoms with Gasteiger partial charge in [0.2, 0.25) is 15.5 Å². The molecule has 0 radical (unpaired) electrons. The number of rotatable bonds is 7. The minimum absolute atomic E-state index is 0.0729. The average Bonchev–Trinajstić information content (AvgIpc) is 2.90. The molecular weight excluding hydrogens is 330 g/mol. The Hall–Kier alpha value is -1.93. The summed E-state index contributed by atoms with van der Waals surface area (Å²) in [6, 6.07) is 8.95. The van der Waals surface area contributed by atoms with E-state index in [0.717, 1.165) is 0 Å². The molecule has 0 aliphatic rings. The van der Waals surface area contributed by atoms with E-state index in [9.17, 15) is 13.6 Å². The molecule has 0 saturated carbocycles. The number of nitrogens with zero attached hydrogens (tertiary/aromatic N) is 3. The molecule has 0 N–H and O–H groups in total. The zero-order valence-electron chi connectivity index (χ0n) is 14.3. The summed E-state index contributed by atoms with van der Waals surface area (Å²) in [6.45, 7) is 8.43. The second-order valence-electron chi connectivity index (χ2n) is 6.19. The molecule has 8 heteroatoms. The Labute approximate surface area is 142 Å². The lowest BCUT2D eigenvalue weighted by Crippen LogP contribution is -2.40. The first kappa shape index (κ1) is 18.4. The number of benzene rings is 1. The molecule has 0 saturated heterocycles. The summed E-state index contributed by atoms with van der Waals surface area (Å²) in [7, 11) is -3.75. The molecule has 0 bridgehead atoms. The second kappa shape index (κ2) is 7.31. The Bertz CT molecular complexity index is 762. The molecule has 0 amide bonds. The van der Waals surface area contributed by atoms with Gasteiger partial charge in [-0.1, -0.05) is 30.3 Å². The van der Waals surface area contributed by atoms with Crippen LogP contribution in [0.1, 0.15) is 27.7 Å². The van der Waals surface area contributed by atoms with Gasteiger partial charge >= 0.3 is 5.03 Å². The van der Waals surface area contributed by atoms with Gasteiger partial charge in [-0.2, -0.15) is 0 Å². The van der Waals surface area contributed by atoms with Gasteiger partial charge in [0.15, 0.2) is 0 Å². The highest BCUT2D eigenvalue weighted by atomic mass is 32.2. The fourth-order valence-corrected chi connectivity index (χ4v) is 3.98. The molecule has 24 heavy (non-hydrogen) atoms. The molecular formula is C16H23N3O4S. The number of aromatic nitrogens is 2. The highest BCUT2D eigenvalue weighted by Gasteiger charge is 2.33. The predicted octanol–water partition coefficient (Wildman–Crippen LogP) is 1.87. The summed E-state index contributed by atoms with van der Waals surface area (Å²) in [5.41, 5.74) is 0.383. The van der Waals surface area contributed by atoms with Gasteiger partial charge in [-0.25, -0.2) is 8.42 Å². The Kier molecular flexibility index (Phi) is 5.61. The van der Waals surface area contributed by atoms with Crippen molar-refractivity contribution < 1.29 is 17.9 Å². The summed E-state index contributed by atoms with van der Waals surface area (Å²) in [6.07, 6.45) is 0. The normalized spacial score (nSPS) is 12.5. The molecule has 1 heterocycles. The molecule has 0 aliphatic carbocycles. The molecule has 2 aromatic rings. The van der Waals surface area contributed by atoms with E-state index in [1.165, 1.54) is 0 Å². The van der Waals surface area contributed by atoms with Gasteiger partial charge in [-0.05, 0) is 32.6 Å². The van der Waals surface area contributed by atoms with E-state index < -0.39 is 9.84 Å². The summed E-state index contributed by atoms with van der Waals surface area (Å²) < 4.78 is 29.9. The van der Waals surface area contributed by atoms with E-state index in [1.807, 2.05) is 27.7 Å². The minimum atomic E-state index is -3.75. The van der Waals surface area contributed by atoms with Crippen LogP contribution in [0.4, 0.5) is 0 Å². The molecule has 7 nitrogen and oxygen atoms in total. The van der Waals surface area contributed by atoms with Gasteiger partial charge in [0.1, 0.15) is 0 Å².